The molecule has 2 rings (SSSR count). The van der Waals surface area contributed by atoms with Crippen LogP contribution in [0.15, 0.2) is 32.0 Å². The molecule has 0 atom stereocenters. The van der Waals surface area contributed by atoms with Gasteiger partial charge in [-0.3, -0.25) is 14.3 Å². The molecule has 2 aromatic rings. The minimum Gasteiger partial charge on any atom is -0.348 e. The summed E-state index contributed by atoms with van der Waals surface area (Å²) in [5.41, 5.74) is 0.704. The van der Waals surface area contributed by atoms with Crippen LogP contribution in [0.2, 0.25) is 5.02 Å². The summed E-state index contributed by atoms with van der Waals surface area (Å²) in [6, 6.07) is 5.31. The van der Waals surface area contributed by atoms with Gasteiger partial charge in [-0.15, -0.1) is 0 Å². The molecular formula is C11H9BrClN3O3. The van der Waals surface area contributed by atoms with Gasteiger partial charge in [-0.25, -0.2) is 4.79 Å². The van der Waals surface area contributed by atoms with Crippen molar-refractivity contribution in [1.82, 2.24) is 15.5 Å². The van der Waals surface area contributed by atoms with Crippen LogP contribution in [0.1, 0.15) is 11.4 Å². The third-order valence-electron chi connectivity index (χ3n) is 2.34. The van der Waals surface area contributed by atoms with E-state index in [1.54, 1.807) is 12.1 Å². The predicted molar refractivity (Wildman–Crippen MR) is 71.8 cm³/mol. The molecule has 0 saturated carbocycles. The van der Waals surface area contributed by atoms with Gasteiger partial charge in [0.05, 0.1) is 13.0 Å². The lowest BCUT2D eigenvalue weighted by molar-refractivity contribution is -0.120. The fourth-order valence-corrected chi connectivity index (χ4v) is 2.30. The second kappa shape index (κ2) is 6.03. The van der Waals surface area contributed by atoms with Crippen molar-refractivity contribution in [1.29, 1.82) is 0 Å². The Balaban J connectivity index is 1.96. The minimum atomic E-state index is -0.655. The first kappa shape index (κ1) is 13.8. The molecule has 0 fully saturated rings. The number of H-pyrrole nitrogens is 1. The molecule has 0 saturated heterocycles. The predicted octanol–water partition coefficient (Wildman–Crippen LogP) is 1.64. The molecule has 0 aliphatic carbocycles. The summed E-state index contributed by atoms with van der Waals surface area (Å²) in [5, 5.41) is 6.55. The topological polar surface area (TPSA) is 88.0 Å². The number of halogens is 2. The first-order chi connectivity index (χ1) is 9.06. The van der Waals surface area contributed by atoms with Gasteiger partial charge >= 0.3 is 5.76 Å². The highest BCUT2D eigenvalue weighted by atomic mass is 79.9. The van der Waals surface area contributed by atoms with Gasteiger partial charge in [-0.2, -0.15) is 0 Å². The van der Waals surface area contributed by atoms with Gasteiger partial charge < -0.3 is 5.32 Å². The standard InChI is InChI=1S/C11H9BrClN3O3/c12-7-2-1-3-8(13)6(7)4-10(17)14-5-9-15-11(18)19-16-9/h1-3H,4-5H2,(H,14,17)(H,15,16,18). The molecule has 6 nitrogen and oxygen atoms in total. The number of amides is 1. The maximum atomic E-state index is 11.8. The lowest BCUT2D eigenvalue weighted by Crippen LogP contribution is -2.25. The van der Waals surface area contributed by atoms with Crippen LogP contribution >= 0.6 is 27.5 Å². The van der Waals surface area contributed by atoms with Crippen molar-refractivity contribution in [3.63, 3.8) is 0 Å². The van der Waals surface area contributed by atoms with E-state index in [0.717, 1.165) is 4.47 Å². The third kappa shape index (κ3) is 3.68. The molecule has 1 amide bonds. The van der Waals surface area contributed by atoms with E-state index in [9.17, 15) is 9.59 Å². The van der Waals surface area contributed by atoms with Crippen molar-refractivity contribution in [3.05, 3.63) is 49.6 Å². The first-order valence-corrected chi connectivity index (χ1v) is 6.48. The zero-order chi connectivity index (χ0) is 13.8. The smallest absolute Gasteiger partial charge is 0.348 e. The lowest BCUT2D eigenvalue weighted by Gasteiger charge is -2.07. The average Bonchev–Trinajstić information content (AvgIpc) is 2.77. The second-order valence-electron chi connectivity index (χ2n) is 3.70. The molecule has 1 aromatic heterocycles. The zero-order valence-corrected chi connectivity index (χ0v) is 11.9. The third-order valence-corrected chi connectivity index (χ3v) is 3.43. The molecule has 0 radical (unpaired) electrons. The molecule has 8 heteroatoms. The Morgan fingerprint density at radius 1 is 1.53 bits per heavy atom. The highest BCUT2D eigenvalue weighted by Gasteiger charge is 2.11. The maximum Gasteiger partial charge on any atom is 0.438 e. The SMILES string of the molecule is O=C(Cc1c(Cl)cccc1Br)NCc1noc(=O)[nH]1. The van der Waals surface area contributed by atoms with Gasteiger partial charge in [0, 0.05) is 9.50 Å². The molecule has 0 spiro atoms. The Hall–Kier alpha value is -1.60. The summed E-state index contributed by atoms with van der Waals surface area (Å²) in [4.78, 5) is 24.8. The van der Waals surface area contributed by atoms with Crippen LogP contribution in [0.4, 0.5) is 0 Å². The summed E-state index contributed by atoms with van der Waals surface area (Å²) < 4.78 is 5.08. The summed E-state index contributed by atoms with van der Waals surface area (Å²) in [6.45, 7) is 0.0899. The summed E-state index contributed by atoms with van der Waals surface area (Å²) in [5.74, 6) is -0.632. The van der Waals surface area contributed by atoms with Crippen molar-refractivity contribution in [2.24, 2.45) is 0 Å². The quantitative estimate of drug-likeness (QED) is 0.881. The van der Waals surface area contributed by atoms with Gasteiger partial charge in [0.2, 0.25) is 5.91 Å². The molecule has 0 unspecified atom stereocenters. The number of carbonyl (C=O) groups excluding carboxylic acids is 1. The number of nitrogens with zero attached hydrogens (tertiary/aromatic N) is 1. The molecule has 19 heavy (non-hydrogen) atoms. The molecule has 100 valence electrons. The van der Waals surface area contributed by atoms with Crippen molar-refractivity contribution in [3.8, 4) is 0 Å². The lowest BCUT2D eigenvalue weighted by atomic mass is 10.1. The van der Waals surface area contributed by atoms with E-state index >= 15 is 0 Å². The number of rotatable bonds is 4. The highest BCUT2D eigenvalue weighted by molar-refractivity contribution is 9.10. The Labute approximate surface area is 121 Å². The number of nitrogens with one attached hydrogen (secondary N) is 2. The molecule has 0 bridgehead atoms. The number of aromatic nitrogens is 2. The van der Waals surface area contributed by atoms with Crippen LogP contribution in [0.3, 0.4) is 0 Å². The van der Waals surface area contributed by atoms with Crippen molar-refractivity contribution >= 4 is 33.4 Å². The van der Waals surface area contributed by atoms with Gasteiger partial charge in [-0.05, 0) is 17.7 Å². The Morgan fingerprint density at radius 2 is 2.32 bits per heavy atom. The maximum absolute atomic E-state index is 11.8. The van der Waals surface area contributed by atoms with Crippen molar-refractivity contribution < 1.29 is 9.32 Å². The summed E-state index contributed by atoms with van der Waals surface area (Å²) in [7, 11) is 0. The van der Waals surface area contributed by atoms with E-state index in [2.05, 4.69) is 35.9 Å². The monoisotopic (exact) mass is 345 g/mol. The van der Waals surface area contributed by atoms with Gasteiger partial charge in [0.1, 0.15) is 0 Å². The van der Waals surface area contributed by atoms with Crippen molar-refractivity contribution in [2.45, 2.75) is 13.0 Å². The van der Waals surface area contributed by atoms with Gasteiger partial charge in [0.25, 0.3) is 0 Å². The van der Waals surface area contributed by atoms with Crippen LogP contribution < -0.4 is 11.1 Å². The van der Waals surface area contributed by atoms with Crippen molar-refractivity contribution in [2.75, 3.05) is 0 Å². The summed E-state index contributed by atoms with van der Waals surface area (Å²) >= 11 is 9.34. The number of hydrogen-bond donors (Lipinski definition) is 2. The number of carbonyl (C=O) groups is 1. The summed E-state index contributed by atoms with van der Waals surface area (Å²) in [6.07, 6.45) is 0.127. The Kier molecular flexibility index (Phi) is 4.39. The van der Waals surface area contributed by atoms with E-state index in [4.69, 9.17) is 11.6 Å². The van der Waals surface area contributed by atoms with E-state index in [1.165, 1.54) is 0 Å². The second-order valence-corrected chi connectivity index (χ2v) is 4.96. The van der Waals surface area contributed by atoms with Crippen LogP contribution in [-0.4, -0.2) is 16.0 Å². The van der Waals surface area contributed by atoms with Crippen LogP contribution in [0.25, 0.3) is 0 Å². The Bertz CT molecular complexity index is 632. The fraction of sp³-hybridized carbons (Fsp3) is 0.182. The number of aromatic amines is 1. The van der Waals surface area contributed by atoms with Crippen LogP contribution in [-0.2, 0) is 17.8 Å². The molecule has 0 aliphatic heterocycles. The normalized spacial score (nSPS) is 10.4. The van der Waals surface area contributed by atoms with Gasteiger partial charge in [-0.1, -0.05) is 38.8 Å². The van der Waals surface area contributed by atoms with E-state index in [0.29, 0.717) is 10.6 Å². The number of hydrogen-bond acceptors (Lipinski definition) is 4. The van der Waals surface area contributed by atoms with E-state index in [-0.39, 0.29) is 24.7 Å². The van der Waals surface area contributed by atoms with Crippen LogP contribution in [0, 0.1) is 0 Å². The van der Waals surface area contributed by atoms with E-state index in [1.807, 2.05) is 6.07 Å². The zero-order valence-electron chi connectivity index (χ0n) is 9.57. The molecule has 2 N–H and O–H groups in total. The van der Waals surface area contributed by atoms with Gasteiger partial charge in [0.15, 0.2) is 5.82 Å². The molecule has 1 aromatic carbocycles. The molecular weight excluding hydrogens is 337 g/mol. The fourth-order valence-electron chi connectivity index (χ4n) is 1.44. The first-order valence-electron chi connectivity index (χ1n) is 5.30. The number of benzene rings is 1. The van der Waals surface area contributed by atoms with E-state index < -0.39 is 5.76 Å². The largest absolute Gasteiger partial charge is 0.438 e. The average molecular weight is 347 g/mol. The minimum absolute atomic E-state index is 0.0899. The Morgan fingerprint density at radius 3 is 2.95 bits per heavy atom. The molecule has 1 heterocycles. The highest BCUT2D eigenvalue weighted by Crippen LogP contribution is 2.24. The van der Waals surface area contributed by atoms with Crippen LogP contribution in [0.5, 0.6) is 0 Å². The molecule has 0 aliphatic rings.